The van der Waals surface area contributed by atoms with Crippen LogP contribution in [0.25, 0.3) is 11.0 Å². The average molecular weight is 396 g/mol. The zero-order valence-corrected chi connectivity index (χ0v) is 13.1. The molecule has 0 bridgehead atoms. The molecule has 1 unspecified atom stereocenters. The van der Waals surface area contributed by atoms with E-state index in [1.807, 2.05) is 29.5 Å². The average Bonchev–Trinajstić information content (AvgIpc) is 2.66. The minimum atomic E-state index is -0.416. The smallest absolute Gasteiger partial charge is 0.219 e. The molecule has 2 aromatic rings. The quantitative estimate of drug-likeness (QED) is 0.639. The zero-order chi connectivity index (χ0) is 14.2. The van der Waals surface area contributed by atoms with Gasteiger partial charge >= 0.3 is 0 Å². The number of halogens is 3. The number of rotatable bonds is 4. The minimum Gasteiger partial charge on any atom is -0.370 e. The maximum atomic E-state index is 13.7. The fraction of sp³-hybridized carbons (Fsp3) is 0.333. The van der Waals surface area contributed by atoms with Crippen LogP contribution in [0.3, 0.4) is 0 Å². The number of imidazole rings is 1. The van der Waals surface area contributed by atoms with Crippen molar-refractivity contribution in [3.05, 3.63) is 27.3 Å². The first kappa shape index (κ1) is 14.5. The van der Waals surface area contributed by atoms with Gasteiger partial charge in [-0.15, -0.1) is 11.6 Å². The second-order valence-electron chi connectivity index (χ2n) is 4.31. The molecule has 0 saturated carbocycles. The summed E-state index contributed by atoms with van der Waals surface area (Å²) in [6.45, 7) is 1.83. The Morgan fingerprint density at radius 2 is 2.32 bits per heavy atom. The van der Waals surface area contributed by atoms with Crippen molar-refractivity contribution in [2.75, 3.05) is 0 Å². The third-order valence-corrected chi connectivity index (χ3v) is 3.93. The lowest BCUT2D eigenvalue weighted by molar-refractivity contribution is -0.118. The number of fused-ring (bicyclic) bond motifs is 1. The van der Waals surface area contributed by atoms with Crippen LogP contribution >= 0.6 is 34.2 Å². The molecular weight excluding hydrogens is 384 g/mol. The fourth-order valence-electron chi connectivity index (χ4n) is 2.11. The molecule has 1 amide bonds. The van der Waals surface area contributed by atoms with Crippen LogP contribution in [0, 0.1) is 9.39 Å². The SMILES string of the molecule is CC(CC(N)=O)n1c(CCl)nc2cc(I)c(F)cc21. The number of amides is 1. The lowest BCUT2D eigenvalue weighted by atomic mass is 10.2. The van der Waals surface area contributed by atoms with E-state index in [2.05, 4.69) is 4.98 Å². The summed E-state index contributed by atoms with van der Waals surface area (Å²) < 4.78 is 16.0. The molecule has 1 aromatic carbocycles. The molecule has 0 saturated heterocycles. The highest BCUT2D eigenvalue weighted by Gasteiger charge is 2.18. The third kappa shape index (κ3) is 2.84. The van der Waals surface area contributed by atoms with Crippen LogP contribution in [-0.4, -0.2) is 15.5 Å². The van der Waals surface area contributed by atoms with Gasteiger partial charge in [-0.05, 0) is 35.6 Å². The van der Waals surface area contributed by atoms with Crippen LogP contribution in [0.5, 0.6) is 0 Å². The van der Waals surface area contributed by atoms with E-state index in [1.54, 1.807) is 10.6 Å². The minimum absolute atomic E-state index is 0.156. The third-order valence-electron chi connectivity index (χ3n) is 2.86. The van der Waals surface area contributed by atoms with Crippen molar-refractivity contribution in [2.24, 2.45) is 5.73 Å². The van der Waals surface area contributed by atoms with E-state index in [4.69, 9.17) is 17.3 Å². The number of alkyl halides is 1. The lowest BCUT2D eigenvalue weighted by Crippen LogP contribution is -2.18. The van der Waals surface area contributed by atoms with Crippen LogP contribution in [-0.2, 0) is 10.7 Å². The van der Waals surface area contributed by atoms with Gasteiger partial charge in [0, 0.05) is 18.5 Å². The van der Waals surface area contributed by atoms with Crippen molar-refractivity contribution >= 4 is 51.1 Å². The van der Waals surface area contributed by atoms with E-state index in [0.717, 1.165) is 0 Å². The number of benzene rings is 1. The van der Waals surface area contributed by atoms with Gasteiger partial charge in [0.05, 0.1) is 20.5 Å². The number of carbonyl (C=O) groups is 1. The summed E-state index contributed by atoms with van der Waals surface area (Å²) in [5.74, 6) is 0.0602. The van der Waals surface area contributed by atoms with Crippen molar-refractivity contribution < 1.29 is 9.18 Å². The Hall–Kier alpha value is -0.890. The summed E-state index contributed by atoms with van der Waals surface area (Å²) in [6.07, 6.45) is 0.156. The molecular formula is C12H12ClFIN3O. The molecule has 102 valence electrons. The maximum absolute atomic E-state index is 13.7. The number of hydrogen-bond donors (Lipinski definition) is 1. The van der Waals surface area contributed by atoms with Gasteiger partial charge in [0.2, 0.25) is 5.91 Å². The monoisotopic (exact) mass is 395 g/mol. The summed E-state index contributed by atoms with van der Waals surface area (Å²) in [4.78, 5) is 15.4. The molecule has 2 rings (SSSR count). The largest absolute Gasteiger partial charge is 0.370 e. The highest BCUT2D eigenvalue weighted by Crippen LogP contribution is 2.27. The molecule has 0 aliphatic heterocycles. The van der Waals surface area contributed by atoms with E-state index < -0.39 is 5.91 Å². The first-order valence-corrected chi connectivity index (χ1v) is 7.25. The number of nitrogens with two attached hydrogens (primary N) is 1. The second kappa shape index (κ2) is 5.62. The standard InChI is InChI=1S/C12H12ClFIN3O/c1-6(2-11(16)19)18-10-3-7(14)8(15)4-9(10)17-12(18)5-13/h3-4,6H,2,5H2,1H3,(H2,16,19). The van der Waals surface area contributed by atoms with Crippen LogP contribution < -0.4 is 5.73 Å². The highest BCUT2D eigenvalue weighted by molar-refractivity contribution is 14.1. The van der Waals surface area contributed by atoms with Crippen molar-refractivity contribution in [2.45, 2.75) is 25.3 Å². The molecule has 0 spiro atoms. The van der Waals surface area contributed by atoms with E-state index in [9.17, 15) is 9.18 Å². The van der Waals surface area contributed by atoms with Gasteiger partial charge < -0.3 is 10.3 Å². The Kier molecular flexibility index (Phi) is 4.29. The van der Waals surface area contributed by atoms with Gasteiger partial charge in [0.15, 0.2) is 0 Å². The van der Waals surface area contributed by atoms with Crippen molar-refractivity contribution in [1.29, 1.82) is 0 Å². The molecule has 7 heteroatoms. The maximum Gasteiger partial charge on any atom is 0.219 e. The fourth-order valence-corrected chi connectivity index (χ4v) is 2.75. The molecule has 0 aliphatic rings. The van der Waals surface area contributed by atoms with Gasteiger partial charge in [0.1, 0.15) is 11.6 Å². The zero-order valence-electron chi connectivity index (χ0n) is 10.2. The molecule has 0 fully saturated rings. The Balaban J connectivity index is 2.62. The molecule has 0 aliphatic carbocycles. The van der Waals surface area contributed by atoms with Crippen LogP contribution in [0.4, 0.5) is 4.39 Å². The number of aromatic nitrogens is 2. The van der Waals surface area contributed by atoms with Gasteiger partial charge in [-0.2, -0.15) is 0 Å². The Morgan fingerprint density at radius 3 is 2.89 bits per heavy atom. The first-order chi connectivity index (χ1) is 8.93. The van der Waals surface area contributed by atoms with Crippen LogP contribution in [0.15, 0.2) is 12.1 Å². The summed E-state index contributed by atoms with van der Waals surface area (Å²) in [5.41, 5.74) is 6.50. The summed E-state index contributed by atoms with van der Waals surface area (Å²) >= 11 is 7.78. The highest BCUT2D eigenvalue weighted by atomic mass is 127. The topological polar surface area (TPSA) is 60.9 Å². The van der Waals surface area contributed by atoms with Crippen LogP contribution in [0.1, 0.15) is 25.2 Å². The van der Waals surface area contributed by atoms with Crippen LogP contribution in [0.2, 0.25) is 0 Å². The van der Waals surface area contributed by atoms with E-state index in [1.165, 1.54) is 6.07 Å². The predicted molar refractivity (Wildman–Crippen MR) is 80.5 cm³/mol. The predicted octanol–water partition coefficient (Wildman–Crippen LogP) is 2.96. The second-order valence-corrected chi connectivity index (χ2v) is 5.74. The number of carbonyl (C=O) groups excluding carboxylic acids is 1. The van der Waals surface area contributed by atoms with E-state index >= 15 is 0 Å². The Bertz CT molecular complexity index is 643. The molecule has 4 nitrogen and oxygen atoms in total. The first-order valence-electron chi connectivity index (χ1n) is 5.64. The number of primary amides is 1. The lowest BCUT2D eigenvalue weighted by Gasteiger charge is -2.15. The number of hydrogen-bond acceptors (Lipinski definition) is 2. The number of nitrogens with zero attached hydrogens (tertiary/aromatic N) is 2. The van der Waals surface area contributed by atoms with Crippen molar-refractivity contribution in [3.8, 4) is 0 Å². The summed E-state index contributed by atoms with van der Waals surface area (Å²) in [5, 5.41) is 0. The van der Waals surface area contributed by atoms with Crippen molar-refractivity contribution in [3.63, 3.8) is 0 Å². The van der Waals surface area contributed by atoms with Gasteiger partial charge in [-0.1, -0.05) is 0 Å². The van der Waals surface area contributed by atoms with Gasteiger partial charge in [-0.25, -0.2) is 9.37 Å². The normalized spacial score (nSPS) is 12.8. The summed E-state index contributed by atoms with van der Waals surface area (Å²) in [7, 11) is 0. The Labute approximate surface area is 128 Å². The molecule has 2 N–H and O–H groups in total. The van der Waals surface area contributed by atoms with Gasteiger partial charge in [0.25, 0.3) is 0 Å². The molecule has 1 aromatic heterocycles. The Morgan fingerprint density at radius 1 is 1.63 bits per heavy atom. The molecule has 1 heterocycles. The molecule has 19 heavy (non-hydrogen) atoms. The molecule has 0 radical (unpaired) electrons. The van der Waals surface area contributed by atoms with E-state index in [-0.39, 0.29) is 24.2 Å². The molecule has 1 atom stereocenters. The summed E-state index contributed by atoms with van der Waals surface area (Å²) in [6, 6.07) is 2.86. The van der Waals surface area contributed by atoms with E-state index in [0.29, 0.717) is 20.4 Å². The van der Waals surface area contributed by atoms with Crippen molar-refractivity contribution in [1.82, 2.24) is 9.55 Å². The van der Waals surface area contributed by atoms with Gasteiger partial charge in [-0.3, -0.25) is 4.79 Å².